The van der Waals surface area contributed by atoms with E-state index < -0.39 is 30.0 Å². The molecule has 4 aromatic rings. The Bertz CT molecular complexity index is 1220. The lowest BCUT2D eigenvalue weighted by molar-refractivity contribution is 0.401. The molecule has 0 heterocycles. The standard InChI is InChI=1S/C29H26F4/c1-19(26-11-5-8-20-7-2-3-10-27(20)26)6-4-9-22(18-30)21-12-13-28(29(33)16-21)23-14-24(31)17-25(32)15-23/h2-3,5,7-8,10-17,19,22H,4,6,9,18H2,1H3. The lowest BCUT2D eigenvalue weighted by atomic mass is 9.88. The first-order chi connectivity index (χ1) is 16.0. The molecule has 0 amide bonds. The van der Waals surface area contributed by atoms with Crippen molar-refractivity contribution in [2.45, 2.75) is 38.0 Å². The Balaban J connectivity index is 1.44. The first-order valence-corrected chi connectivity index (χ1v) is 11.3. The highest BCUT2D eigenvalue weighted by molar-refractivity contribution is 5.86. The Morgan fingerprint density at radius 2 is 1.48 bits per heavy atom. The molecule has 0 N–H and O–H groups in total. The second-order valence-electron chi connectivity index (χ2n) is 8.65. The van der Waals surface area contributed by atoms with Crippen LogP contribution < -0.4 is 0 Å². The van der Waals surface area contributed by atoms with Gasteiger partial charge >= 0.3 is 0 Å². The van der Waals surface area contributed by atoms with Crippen LogP contribution in [0.2, 0.25) is 0 Å². The third kappa shape index (κ3) is 5.27. The lowest BCUT2D eigenvalue weighted by Gasteiger charge is -2.18. The van der Waals surface area contributed by atoms with Crippen LogP contribution in [0.5, 0.6) is 0 Å². The lowest BCUT2D eigenvalue weighted by Crippen LogP contribution is -2.04. The molecule has 2 unspecified atom stereocenters. The molecule has 170 valence electrons. The third-order valence-corrected chi connectivity index (χ3v) is 6.37. The van der Waals surface area contributed by atoms with E-state index in [1.54, 1.807) is 6.07 Å². The molecule has 0 saturated carbocycles. The minimum absolute atomic E-state index is 0.0966. The summed E-state index contributed by atoms with van der Waals surface area (Å²) < 4.78 is 55.6. The SMILES string of the molecule is CC(CCCC(CF)c1ccc(-c2cc(F)cc(F)c2)c(F)c1)c1cccc2ccccc12. The van der Waals surface area contributed by atoms with Gasteiger partial charge in [-0.1, -0.05) is 67.9 Å². The van der Waals surface area contributed by atoms with Crippen LogP contribution in [0.15, 0.2) is 78.9 Å². The molecule has 4 aromatic carbocycles. The van der Waals surface area contributed by atoms with Crippen LogP contribution in [0.25, 0.3) is 21.9 Å². The first-order valence-electron chi connectivity index (χ1n) is 11.3. The molecule has 0 bridgehead atoms. The summed E-state index contributed by atoms with van der Waals surface area (Å²) in [7, 11) is 0. The van der Waals surface area contributed by atoms with Gasteiger partial charge in [-0.05, 0) is 64.4 Å². The van der Waals surface area contributed by atoms with Gasteiger partial charge in [-0.3, -0.25) is 4.39 Å². The van der Waals surface area contributed by atoms with E-state index in [1.165, 1.54) is 28.5 Å². The van der Waals surface area contributed by atoms with Gasteiger partial charge in [0.25, 0.3) is 0 Å². The summed E-state index contributed by atoms with van der Waals surface area (Å²) in [6.45, 7) is 1.59. The number of benzene rings is 4. The summed E-state index contributed by atoms with van der Waals surface area (Å²) >= 11 is 0. The van der Waals surface area contributed by atoms with Crippen LogP contribution in [0.4, 0.5) is 17.6 Å². The molecule has 0 aliphatic rings. The van der Waals surface area contributed by atoms with Gasteiger partial charge in [-0.25, -0.2) is 13.2 Å². The van der Waals surface area contributed by atoms with E-state index in [4.69, 9.17) is 0 Å². The summed E-state index contributed by atoms with van der Waals surface area (Å²) in [5.41, 5.74) is 2.06. The predicted octanol–water partition coefficient (Wildman–Crippen LogP) is 8.95. The highest BCUT2D eigenvalue weighted by atomic mass is 19.1. The van der Waals surface area contributed by atoms with E-state index in [9.17, 15) is 17.6 Å². The number of hydrogen-bond acceptors (Lipinski definition) is 0. The normalized spacial score (nSPS) is 13.2. The van der Waals surface area contributed by atoms with Gasteiger partial charge in [0.1, 0.15) is 17.5 Å². The third-order valence-electron chi connectivity index (χ3n) is 6.37. The Hall–Kier alpha value is -3.14. The Morgan fingerprint density at radius 3 is 2.21 bits per heavy atom. The summed E-state index contributed by atoms with van der Waals surface area (Å²) in [5, 5.41) is 2.44. The average Bonchev–Trinajstić information content (AvgIpc) is 2.80. The minimum atomic E-state index is -0.768. The Labute approximate surface area is 191 Å². The van der Waals surface area contributed by atoms with E-state index in [2.05, 4.69) is 37.3 Å². The molecule has 0 fully saturated rings. The molecule has 0 aliphatic heterocycles. The van der Waals surface area contributed by atoms with Crippen LogP contribution in [0.1, 0.15) is 49.1 Å². The topological polar surface area (TPSA) is 0 Å². The van der Waals surface area contributed by atoms with E-state index >= 15 is 0 Å². The zero-order chi connectivity index (χ0) is 23.4. The average molecular weight is 451 g/mol. The molecule has 0 radical (unpaired) electrons. The van der Waals surface area contributed by atoms with E-state index in [0.29, 0.717) is 17.9 Å². The fourth-order valence-electron chi connectivity index (χ4n) is 4.57. The Morgan fingerprint density at radius 1 is 0.758 bits per heavy atom. The van der Waals surface area contributed by atoms with Crippen LogP contribution >= 0.6 is 0 Å². The zero-order valence-corrected chi connectivity index (χ0v) is 18.5. The van der Waals surface area contributed by atoms with Crippen molar-refractivity contribution >= 4 is 10.8 Å². The maximum Gasteiger partial charge on any atom is 0.131 e. The molecule has 0 nitrogen and oxygen atoms in total. The van der Waals surface area contributed by atoms with E-state index in [1.807, 2.05) is 12.1 Å². The van der Waals surface area contributed by atoms with Crippen LogP contribution in [-0.4, -0.2) is 6.67 Å². The van der Waals surface area contributed by atoms with Crippen molar-refractivity contribution in [2.24, 2.45) is 0 Å². The number of rotatable bonds is 8. The van der Waals surface area contributed by atoms with Gasteiger partial charge in [0, 0.05) is 17.5 Å². The molecule has 4 heteroatoms. The maximum absolute atomic E-state index is 14.7. The largest absolute Gasteiger partial charge is 0.250 e. The van der Waals surface area contributed by atoms with Crippen molar-refractivity contribution in [2.75, 3.05) is 6.67 Å². The number of fused-ring (bicyclic) bond motifs is 1. The van der Waals surface area contributed by atoms with Crippen molar-refractivity contribution in [3.05, 3.63) is 107 Å². The van der Waals surface area contributed by atoms with Gasteiger partial charge in [-0.15, -0.1) is 0 Å². The van der Waals surface area contributed by atoms with E-state index in [-0.39, 0.29) is 11.1 Å². The fraction of sp³-hybridized carbons (Fsp3) is 0.241. The smallest absolute Gasteiger partial charge is 0.131 e. The molecule has 4 rings (SSSR count). The quantitative estimate of drug-likeness (QED) is 0.235. The van der Waals surface area contributed by atoms with Crippen molar-refractivity contribution in [3.8, 4) is 11.1 Å². The molecular weight excluding hydrogens is 424 g/mol. The molecule has 0 aromatic heterocycles. The van der Waals surface area contributed by atoms with Crippen molar-refractivity contribution in [3.63, 3.8) is 0 Å². The summed E-state index contributed by atoms with van der Waals surface area (Å²) in [6.07, 6.45) is 2.30. The number of halogens is 4. The van der Waals surface area contributed by atoms with Gasteiger partial charge in [0.2, 0.25) is 0 Å². The predicted molar refractivity (Wildman–Crippen MR) is 127 cm³/mol. The first kappa shape index (κ1) is 23.0. The summed E-state index contributed by atoms with van der Waals surface area (Å²) in [5.74, 6) is -2.25. The van der Waals surface area contributed by atoms with E-state index in [0.717, 1.165) is 31.0 Å². The molecule has 2 atom stereocenters. The highest BCUT2D eigenvalue weighted by Gasteiger charge is 2.17. The van der Waals surface area contributed by atoms with Crippen LogP contribution in [0, 0.1) is 17.5 Å². The second-order valence-corrected chi connectivity index (χ2v) is 8.65. The number of alkyl halides is 1. The van der Waals surface area contributed by atoms with Gasteiger partial charge in [0.15, 0.2) is 0 Å². The Kier molecular flexibility index (Phi) is 7.12. The van der Waals surface area contributed by atoms with Crippen molar-refractivity contribution in [1.82, 2.24) is 0 Å². The maximum atomic E-state index is 14.7. The summed E-state index contributed by atoms with van der Waals surface area (Å²) in [4.78, 5) is 0. The van der Waals surface area contributed by atoms with Gasteiger partial charge in [0.05, 0.1) is 6.67 Å². The molecule has 0 saturated heterocycles. The monoisotopic (exact) mass is 450 g/mol. The molecular formula is C29H26F4. The van der Waals surface area contributed by atoms with Crippen molar-refractivity contribution in [1.29, 1.82) is 0 Å². The molecule has 0 spiro atoms. The molecule has 33 heavy (non-hydrogen) atoms. The van der Waals surface area contributed by atoms with Gasteiger partial charge in [-0.2, -0.15) is 0 Å². The highest BCUT2D eigenvalue weighted by Crippen LogP contribution is 2.33. The van der Waals surface area contributed by atoms with Gasteiger partial charge < -0.3 is 0 Å². The van der Waals surface area contributed by atoms with Crippen molar-refractivity contribution < 1.29 is 17.6 Å². The zero-order valence-electron chi connectivity index (χ0n) is 18.5. The number of hydrogen-bond donors (Lipinski definition) is 0. The summed E-state index contributed by atoms with van der Waals surface area (Å²) in [6, 6.07) is 21.9. The van der Waals surface area contributed by atoms with Crippen LogP contribution in [0.3, 0.4) is 0 Å². The molecule has 0 aliphatic carbocycles. The minimum Gasteiger partial charge on any atom is -0.250 e. The second kappa shape index (κ2) is 10.2. The fourth-order valence-corrected chi connectivity index (χ4v) is 4.57. The van der Waals surface area contributed by atoms with Crippen LogP contribution in [-0.2, 0) is 0 Å².